The van der Waals surface area contributed by atoms with Crippen LogP contribution in [0.3, 0.4) is 0 Å². The second-order valence-electron chi connectivity index (χ2n) is 4.13. The molecule has 3 nitrogen and oxygen atoms in total. The fourth-order valence-electron chi connectivity index (χ4n) is 1.69. The minimum absolute atomic E-state index is 0.00357. The van der Waals surface area contributed by atoms with Gasteiger partial charge >= 0.3 is 0 Å². The lowest BCUT2D eigenvalue weighted by molar-refractivity contribution is -0.115. The van der Waals surface area contributed by atoms with E-state index in [0.717, 1.165) is 6.07 Å². The van der Waals surface area contributed by atoms with Gasteiger partial charge in [-0.15, -0.1) is 0 Å². The number of hydrogen-bond donors (Lipinski definition) is 1. The highest BCUT2D eigenvalue weighted by atomic mass is 19.2. The van der Waals surface area contributed by atoms with Crippen molar-refractivity contribution in [3.8, 4) is 6.07 Å². The second-order valence-corrected chi connectivity index (χ2v) is 4.13. The molecule has 0 aliphatic rings. The lowest BCUT2D eigenvalue weighted by Crippen LogP contribution is -2.15. The molecular weight excluding hydrogens is 262 g/mol. The number of halogens is 2. The minimum Gasteiger partial charge on any atom is -0.326 e. The Morgan fingerprint density at radius 1 is 1.15 bits per heavy atom. The predicted molar refractivity (Wildman–Crippen MR) is 69.8 cm³/mol. The van der Waals surface area contributed by atoms with E-state index in [1.807, 2.05) is 6.07 Å². The first kappa shape index (κ1) is 13.7. The summed E-state index contributed by atoms with van der Waals surface area (Å²) in [7, 11) is 0. The molecule has 0 bridgehead atoms. The van der Waals surface area contributed by atoms with Crippen molar-refractivity contribution in [2.45, 2.75) is 6.42 Å². The molecule has 0 spiro atoms. The minimum atomic E-state index is -1.01. The van der Waals surface area contributed by atoms with Crippen molar-refractivity contribution < 1.29 is 13.6 Å². The van der Waals surface area contributed by atoms with Crippen molar-refractivity contribution in [1.29, 1.82) is 5.26 Å². The van der Waals surface area contributed by atoms with Crippen molar-refractivity contribution in [3.05, 3.63) is 65.2 Å². The summed E-state index contributed by atoms with van der Waals surface area (Å²) in [5, 5.41) is 11.2. The molecule has 20 heavy (non-hydrogen) atoms. The first-order chi connectivity index (χ1) is 9.60. The van der Waals surface area contributed by atoms with E-state index in [2.05, 4.69) is 5.32 Å². The van der Waals surface area contributed by atoms with Gasteiger partial charge in [-0.3, -0.25) is 4.79 Å². The van der Waals surface area contributed by atoms with Crippen LogP contribution in [0.5, 0.6) is 0 Å². The van der Waals surface area contributed by atoms with Crippen LogP contribution in [0.2, 0.25) is 0 Å². The predicted octanol–water partition coefficient (Wildman–Crippen LogP) is 3.02. The van der Waals surface area contributed by atoms with Gasteiger partial charge in [0.05, 0.1) is 18.1 Å². The highest BCUT2D eigenvalue weighted by molar-refractivity contribution is 5.92. The van der Waals surface area contributed by atoms with E-state index in [1.165, 1.54) is 12.1 Å². The quantitative estimate of drug-likeness (QED) is 0.933. The molecule has 0 radical (unpaired) electrons. The molecule has 0 atom stereocenters. The van der Waals surface area contributed by atoms with E-state index >= 15 is 0 Å². The van der Waals surface area contributed by atoms with Crippen LogP contribution in [0.1, 0.15) is 11.1 Å². The second kappa shape index (κ2) is 5.93. The lowest BCUT2D eigenvalue weighted by Gasteiger charge is -2.06. The van der Waals surface area contributed by atoms with E-state index in [4.69, 9.17) is 5.26 Å². The number of nitriles is 1. The normalized spacial score (nSPS) is 9.85. The molecule has 2 aromatic carbocycles. The monoisotopic (exact) mass is 272 g/mol. The zero-order valence-corrected chi connectivity index (χ0v) is 10.4. The third-order valence-electron chi connectivity index (χ3n) is 2.68. The molecule has 2 rings (SSSR count). The molecule has 0 aliphatic heterocycles. The smallest absolute Gasteiger partial charge is 0.228 e. The van der Waals surface area contributed by atoms with E-state index < -0.39 is 17.5 Å². The third kappa shape index (κ3) is 3.18. The summed E-state index contributed by atoms with van der Waals surface area (Å²) in [6.07, 6.45) is -0.260. The Kier molecular flexibility index (Phi) is 4.06. The molecule has 1 amide bonds. The van der Waals surface area contributed by atoms with E-state index in [0.29, 0.717) is 11.3 Å². The van der Waals surface area contributed by atoms with Gasteiger partial charge in [-0.2, -0.15) is 5.26 Å². The number of hydrogen-bond acceptors (Lipinski definition) is 2. The highest BCUT2D eigenvalue weighted by Crippen LogP contribution is 2.14. The molecule has 0 aliphatic carbocycles. The summed E-state index contributed by atoms with van der Waals surface area (Å²) in [6, 6.07) is 11.9. The van der Waals surface area contributed by atoms with E-state index in [-0.39, 0.29) is 12.0 Å². The van der Waals surface area contributed by atoms with Gasteiger partial charge in [0.2, 0.25) is 5.91 Å². The Labute approximate surface area is 114 Å². The van der Waals surface area contributed by atoms with Gasteiger partial charge in [0.15, 0.2) is 11.6 Å². The Morgan fingerprint density at radius 3 is 2.50 bits per heavy atom. The lowest BCUT2D eigenvalue weighted by atomic mass is 10.1. The van der Waals surface area contributed by atoms with Crippen molar-refractivity contribution in [2.75, 3.05) is 5.32 Å². The number of anilines is 1. The van der Waals surface area contributed by atoms with Crippen LogP contribution in [-0.2, 0) is 11.2 Å². The number of carbonyl (C=O) groups is 1. The third-order valence-corrected chi connectivity index (χ3v) is 2.68. The van der Waals surface area contributed by atoms with Crippen molar-refractivity contribution in [3.63, 3.8) is 0 Å². The van der Waals surface area contributed by atoms with Gasteiger partial charge in [-0.1, -0.05) is 12.1 Å². The number of benzene rings is 2. The molecule has 5 heteroatoms. The molecule has 0 aromatic heterocycles. The SMILES string of the molecule is N#Cc1ccc(NC(=O)Cc2cccc(F)c2F)cc1. The first-order valence-electron chi connectivity index (χ1n) is 5.83. The summed E-state index contributed by atoms with van der Waals surface area (Å²) in [5.41, 5.74) is 0.959. The number of rotatable bonds is 3. The summed E-state index contributed by atoms with van der Waals surface area (Å²) >= 11 is 0. The average molecular weight is 272 g/mol. The topological polar surface area (TPSA) is 52.9 Å². The van der Waals surface area contributed by atoms with Gasteiger partial charge in [0.1, 0.15) is 0 Å². The molecular formula is C15H10F2N2O. The molecule has 2 aromatic rings. The van der Waals surface area contributed by atoms with Crippen molar-refractivity contribution in [1.82, 2.24) is 0 Å². The molecule has 1 N–H and O–H groups in total. The van der Waals surface area contributed by atoms with Crippen LogP contribution in [0.4, 0.5) is 14.5 Å². The molecule has 0 saturated heterocycles. The van der Waals surface area contributed by atoms with Crippen LogP contribution in [0.15, 0.2) is 42.5 Å². The van der Waals surface area contributed by atoms with Crippen LogP contribution < -0.4 is 5.32 Å². The molecule has 0 unspecified atom stereocenters. The average Bonchev–Trinajstić information content (AvgIpc) is 2.45. The summed E-state index contributed by atoms with van der Waals surface area (Å²) < 4.78 is 26.4. The Hall–Kier alpha value is -2.74. The Balaban J connectivity index is 2.05. The fraction of sp³-hybridized carbons (Fsp3) is 0.0667. The van der Waals surface area contributed by atoms with Crippen LogP contribution >= 0.6 is 0 Å². The van der Waals surface area contributed by atoms with E-state index in [9.17, 15) is 13.6 Å². The summed E-state index contributed by atoms with van der Waals surface area (Å²) in [6.45, 7) is 0. The van der Waals surface area contributed by atoms with Gasteiger partial charge in [-0.25, -0.2) is 8.78 Å². The summed E-state index contributed by atoms with van der Waals surface area (Å²) in [5.74, 6) is -2.45. The number of nitrogens with zero attached hydrogens (tertiary/aromatic N) is 1. The Bertz CT molecular complexity index is 675. The van der Waals surface area contributed by atoms with Gasteiger partial charge in [-0.05, 0) is 30.3 Å². The molecule has 0 saturated carbocycles. The van der Waals surface area contributed by atoms with Gasteiger partial charge in [0, 0.05) is 11.3 Å². The highest BCUT2D eigenvalue weighted by Gasteiger charge is 2.11. The largest absolute Gasteiger partial charge is 0.326 e. The van der Waals surface area contributed by atoms with Crippen molar-refractivity contribution in [2.24, 2.45) is 0 Å². The van der Waals surface area contributed by atoms with Gasteiger partial charge in [0.25, 0.3) is 0 Å². The Morgan fingerprint density at radius 2 is 1.85 bits per heavy atom. The van der Waals surface area contributed by atoms with E-state index in [1.54, 1.807) is 24.3 Å². The first-order valence-corrected chi connectivity index (χ1v) is 5.83. The zero-order chi connectivity index (χ0) is 14.5. The van der Waals surface area contributed by atoms with Crippen molar-refractivity contribution >= 4 is 11.6 Å². The maximum atomic E-state index is 13.4. The van der Waals surface area contributed by atoms with Gasteiger partial charge < -0.3 is 5.32 Å². The number of carbonyl (C=O) groups excluding carboxylic acids is 1. The van der Waals surface area contributed by atoms with Crippen LogP contribution in [0, 0.1) is 23.0 Å². The standard InChI is InChI=1S/C15H10F2N2O/c16-13-3-1-2-11(15(13)17)8-14(20)19-12-6-4-10(9-18)5-7-12/h1-7H,8H2,(H,19,20). The molecule has 100 valence electrons. The van der Waals surface area contributed by atoms with Crippen LogP contribution in [-0.4, -0.2) is 5.91 Å². The molecule has 0 heterocycles. The fourth-order valence-corrected chi connectivity index (χ4v) is 1.69. The zero-order valence-electron chi connectivity index (χ0n) is 10.4. The number of nitrogens with one attached hydrogen (secondary N) is 1. The maximum Gasteiger partial charge on any atom is 0.228 e. The summed E-state index contributed by atoms with van der Waals surface area (Å²) in [4.78, 5) is 11.7. The maximum absolute atomic E-state index is 13.4. The number of amides is 1. The van der Waals surface area contributed by atoms with Crippen LogP contribution in [0.25, 0.3) is 0 Å². The molecule has 0 fully saturated rings.